The Labute approximate surface area is 119 Å². The van der Waals surface area contributed by atoms with E-state index in [-0.39, 0.29) is 17.7 Å². The summed E-state index contributed by atoms with van der Waals surface area (Å²) >= 11 is 5.97. The number of hydrogen-bond acceptors (Lipinski definition) is 3. The van der Waals surface area contributed by atoms with Crippen LogP contribution in [-0.2, 0) is 4.79 Å². The van der Waals surface area contributed by atoms with Gasteiger partial charge in [0.05, 0.1) is 6.54 Å². The smallest absolute Gasteiger partial charge is 0.233 e. The monoisotopic (exact) mass is 284 g/mol. The molecule has 4 nitrogen and oxygen atoms in total. The lowest BCUT2D eigenvalue weighted by Crippen LogP contribution is -2.37. The third-order valence-corrected chi connectivity index (χ3v) is 3.36. The number of carbonyl (C=O) groups is 1. The highest BCUT2D eigenvalue weighted by Crippen LogP contribution is 2.30. The number of nitrogens with zero attached hydrogens (tertiary/aromatic N) is 1. The number of benzene rings is 1. The van der Waals surface area contributed by atoms with Crippen molar-refractivity contribution < 1.29 is 9.90 Å². The van der Waals surface area contributed by atoms with Crippen molar-refractivity contribution in [3.8, 4) is 5.75 Å². The van der Waals surface area contributed by atoms with E-state index in [1.165, 1.54) is 0 Å². The van der Waals surface area contributed by atoms with Crippen molar-refractivity contribution in [2.75, 3.05) is 20.1 Å². The maximum atomic E-state index is 11.5. The minimum Gasteiger partial charge on any atom is -0.508 e. The molecule has 19 heavy (non-hydrogen) atoms. The van der Waals surface area contributed by atoms with Crippen LogP contribution in [0.1, 0.15) is 31.9 Å². The zero-order valence-electron chi connectivity index (χ0n) is 11.6. The summed E-state index contributed by atoms with van der Waals surface area (Å²) in [6.45, 7) is 5.10. The molecule has 106 valence electrons. The summed E-state index contributed by atoms with van der Waals surface area (Å²) in [6.07, 6.45) is 0.933. The Morgan fingerprint density at radius 3 is 2.79 bits per heavy atom. The number of aromatic hydroxyl groups is 1. The van der Waals surface area contributed by atoms with E-state index in [9.17, 15) is 9.90 Å². The Hall–Kier alpha value is -1.26. The maximum Gasteiger partial charge on any atom is 0.233 e. The van der Waals surface area contributed by atoms with Crippen LogP contribution >= 0.6 is 11.6 Å². The molecule has 0 radical (unpaired) electrons. The Bertz CT molecular complexity index is 437. The summed E-state index contributed by atoms with van der Waals surface area (Å²) < 4.78 is 0. The fraction of sp³-hybridized carbons (Fsp3) is 0.500. The van der Waals surface area contributed by atoms with Gasteiger partial charge in [0.1, 0.15) is 5.75 Å². The van der Waals surface area contributed by atoms with E-state index in [2.05, 4.69) is 12.2 Å². The number of rotatable bonds is 6. The van der Waals surface area contributed by atoms with E-state index < -0.39 is 0 Å². The SMILES string of the molecule is CCCN(CC(=O)NC)C(C)c1cc(Cl)ccc1O. The van der Waals surface area contributed by atoms with Crippen LogP contribution < -0.4 is 5.32 Å². The van der Waals surface area contributed by atoms with Gasteiger partial charge in [0.2, 0.25) is 5.91 Å². The first-order valence-corrected chi connectivity index (χ1v) is 6.80. The molecule has 1 atom stereocenters. The predicted molar refractivity (Wildman–Crippen MR) is 77.5 cm³/mol. The van der Waals surface area contributed by atoms with Crippen molar-refractivity contribution >= 4 is 17.5 Å². The molecule has 0 aromatic heterocycles. The van der Waals surface area contributed by atoms with E-state index in [4.69, 9.17) is 11.6 Å². The molecule has 0 spiro atoms. The van der Waals surface area contributed by atoms with Crippen molar-refractivity contribution in [2.45, 2.75) is 26.3 Å². The lowest BCUT2D eigenvalue weighted by Gasteiger charge is -2.28. The number of halogens is 1. The van der Waals surface area contributed by atoms with E-state index in [0.29, 0.717) is 11.6 Å². The van der Waals surface area contributed by atoms with Crippen molar-refractivity contribution in [3.63, 3.8) is 0 Å². The molecular formula is C14H21ClN2O2. The fourth-order valence-corrected chi connectivity index (χ4v) is 2.20. The number of phenolic OH excluding ortho intramolecular Hbond substituents is 1. The molecule has 0 fully saturated rings. The van der Waals surface area contributed by atoms with Gasteiger partial charge >= 0.3 is 0 Å². The summed E-state index contributed by atoms with van der Waals surface area (Å²) in [6, 6.07) is 4.90. The van der Waals surface area contributed by atoms with Gasteiger partial charge in [-0.2, -0.15) is 0 Å². The Morgan fingerprint density at radius 1 is 1.53 bits per heavy atom. The van der Waals surface area contributed by atoms with Crippen LogP contribution in [0.2, 0.25) is 5.02 Å². The molecule has 1 aromatic carbocycles. The lowest BCUT2D eigenvalue weighted by molar-refractivity contribution is -0.122. The first kappa shape index (κ1) is 15.8. The summed E-state index contributed by atoms with van der Waals surface area (Å²) in [5.41, 5.74) is 0.741. The third-order valence-electron chi connectivity index (χ3n) is 3.12. The van der Waals surface area contributed by atoms with Crippen molar-refractivity contribution in [2.24, 2.45) is 0 Å². The van der Waals surface area contributed by atoms with Crippen molar-refractivity contribution in [1.29, 1.82) is 0 Å². The minimum atomic E-state index is -0.0732. The number of hydrogen-bond donors (Lipinski definition) is 2. The van der Waals surface area contributed by atoms with Gasteiger partial charge in [0.15, 0.2) is 0 Å². The Balaban J connectivity index is 2.94. The van der Waals surface area contributed by atoms with E-state index in [0.717, 1.165) is 18.5 Å². The van der Waals surface area contributed by atoms with Gasteiger partial charge in [-0.05, 0) is 38.1 Å². The molecule has 1 rings (SSSR count). The highest BCUT2D eigenvalue weighted by atomic mass is 35.5. The molecule has 1 unspecified atom stereocenters. The van der Waals surface area contributed by atoms with Crippen LogP contribution in [0.15, 0.2) is 18.2 Å². The number of likely N-dealkylation sites (N-methyl/N-ethyl adjacent to an activating group) is 1. The van der Waals surface area contributed by atoms with Crippen LogP contribution in [0, 0.1) is 0 Å². The molecule has 2 N–H and O–H groups in total. The second-order valence-corrected chi connectivity index (χ2v) is 4.96. The topological polar surface area (TPSA) is 52.6 Å². The van der Waals surface area contributed by atoms with Gasteiger partial charge in [-0.3, -0.25) is 9.69 Å². The summed E-state index contributed by atoms with van der Waals surface area (Å²) in [7, 11) is 1.62. The van der Waals surface area contributed by atoms with Crippen LogP contribution in [0.5, 0.6) is 5.75 Å². The number of carbonyl (C=O) groups excluding carboxylic acids is 1. The largest absolute Gasteiger partial charge is 0.508 e. The summed E-state index contributed by atoms with van der Waals surface area (Å²) in [4.78, 5) is 13.6. The lowest BCUT2D eigenvalue weighted by atomic mass is 10.1. The minimum absolute atomic E-state index is 0.0400. The van der Waals surface area contributed by atoms with E-state index >= 15 is 0 Å². The first-order chi connectivity index (χ1) is 8.99. The zero-order valence-corrected chi connectivity index (χ0v) is 12.4. The van der Waals surface area contributed by atoms with Gasteiger partial charge in [0.25, 0.3) is 0 Å². The molecule has 0 saturated heterocycles. The van der Waals surface area contributed by atoms with Crippen LogP contribution in [-0.4, -0.2) is 36.1 Å². The van der Waals surface area contributed by atoms with Gasteiger partial charge in [0, 0.05) is 23.7 Å². The van der Waals surface area contributed by atoms with Gasteiger partial charge in [-0.1, -0.05) is 18.5 Å². The van der Waals surface area contributed by atoms with Gasteiger partial charge in [-0.15, -0.1) is 0 Å². The molecule has 0 saturated carbocycles. The number of nitrogens with one attached hydrogen (secondary N) is 1. The van der Waals surface area contributed by atoms with Crippen LogP contribution in [0.25, 0.3) is 0 Å². The highest BCUT2D eigenvalue weighted by molar-refractivity contribution is 6.30. The van der Waals surface area contributed by atoms with Gasteiger partial charge < -0.3 is 10.4 Å². The van der Waals surface area contributed by atoms with Crippen LogP contribution in [0.4, 0.5) is 0 Å². The standard InChI is InChI=1S/C14H21ClN2O2/c1-4-7-17(9-14(19)16-3)10(2)12-8-11(15)5-6-13(12)18/h5-6,8,10,18H,4,7,9H2,1-3H3,(H,16,19). The zero-order chi connectivity index (χ0) is 14.4. The fourth-order valence-electron chi connectivity index (χ4n) is 2.02. The Morgan fingerprint density at radius 2 is 2.21 bits per heavy atom. The molecule has 1 amide bonds. The molecular weight excluding hydrogens is 264 g/mol. The molecule has 0 heterocycles. The molecule has 0 aliphatic rings. The predicted octanol–water partition coefficient (Wildman–Crippen LogP) is 2.56. The summed E-state index contributed by atoms with van der Waals surface area (Å²) in [5, 5.41) is 13.1. The summed E-state index contributed by atoms with van der Waals surface area (Å²) in [5.74, 6) is 0.164. The molecule has 5 heteroatoms. The molecule has 0 bridgehead atoms. The van der Waals surface area contributed by atoms with Gasteiger partial charge in [-0.25, -0.2) is 0 Å². The van der Waals surface area contributed by atoms with E-state index in [1.807, 2.05) is 11.8 Å². The number of phenols is 1. The average Bonchev–Trinajstić information content (AvgIpc) is 2.40. The first-order valence-electron chi connectivity index (χ1n) is 6.42. The van der Waals surface area contributed by atoms with Crippen molar-refractivity contribution in [1.82, 2.24) is 10.2 Å². The van der Waals surface area contributed by atoms with E-state index in [1.54, 1.807) is 25.2 Å². The second kappa shape index (κ2) is 7.36. The molecule has 1 aromatic rings. The number of amides is 1. The maximum absolute atomic E-state index is 11.5. The Kier molecular flexibility index (Phi) is 6.12. The van der Waals surface area contributed by atoms with Crippen LogP contribution in [0.3, 0.4) is 0 Å². The second-order valence-electron chi connectivity index (χ2n) is 4.52. The molecule has 0 aliphatic heterocycles. The third kappa shape index (κ3) is 4.40. The average molecular weight is 285 g/mol. The van der Waals surface area contributed by atoms with Crippen molar-refractivity contribution in [3.05, 3.63) is 28.8 Å². The molecule has 0 aliphatic carbocycles. The quantitative estimate of drug-likeness (QED) is 0.844. The normalized spacial score (nSPS) is 12.5. The highest BCUT2D eigenvalue weighted by Gasteiger charge is 2.20.